The van der Waals surface area contributed by atoms with Crippen molar-refractivity contribution >= 4 is 0 Å². The van der Waals surface area contributed by atoms with Crippen LogP contribution in [0.25, 0.3) is 0 Å². The predicted octanol–water partition coefficient (Wildman–Crippen LogP) is 2.09. The summed E-state index contributed by atoms with van der Waals surface area (Å²) in [6, 6.07) is 0. The quantitative estimate of drug-likeness (QED) is 0.642. The third kappa shape index (κ3) is 1.38. The van der Waals surface area contributed by atoms with Crippen LogP contribution in [0.3, 0.4) is 0 Å². The lowest BCUT2D eigenvalue weighted by Crippen LogP contribution is -2.59. The predicted molar refractivity (Wildman–Crippen MR) is 58.4 cm³/mol. The van der Waals surface area contributed by atoms with Gasteiger partial charge in [0.2, 0.25) is 0 Å². The van der Waals surface area contributed by atoms with Gasteiger partial charge in [-0.05, 0) is 43.9 Å². The fourth-order valence-electron chi connectivity index (χ4n) is 4.50. The molecule has 0 unspecified atom stereocenters. The minimum atomic E-state index is -0.505. The first-order valence-corrected chi connectivity index (χ1v) is 6.62. The molecule has 15 heavy (non-hydrogen) atoms. The van der Waals surface area contributed by atoms with Gasteiger partial charge >= 0.3 is 0 Å². The van der Waals surface area contributed by atoms with E-state index in [1.54, 1.807) is 0 Å². The molecule has 0 aliphatic heterocycles. The Kier molecular flexibility index (Phi) is 2.33. The standard InChI is InChI=1S/C13H22O2/c14-12-9-4-3-6-11(12)13(15)7-2-1-5-10(13)8-9/h9-12,14-15H,1-8H2/t9-,10-,11+,12+,13+/m0/s1. The molecule has 0 aromatic rings. The molecule has 2 bridgehead atoms. The van der Waals surface area contributed by atoms with E-state index in [1.165, 1.54) is 25.7 Å². The van der Waals surface area contributed by atoms with Crippen molar-refractivity contribution in [2.45, 2.75) is 63.1 Å². The van der Waals surface area contributed by atoms with Crippen LogP contribution in [0.15, 0.2) is 0 Å². The van der Waals surface area contributed by atoms with E-state index < -0.39 is 5.60 Å². The molecule has 3 fully saturated rings. The van der Waals surface area contributed by atoms with Gasteiger partial charge in [0.05, 0.1) is 11.7 Å². The van der Waals surface area contributed by atoms with Crippen molar-refractivity contribution < 1.29 is 10.2 Å². The molecule has 3 aliphatic carbocycles. The topological polar surface area (TPSA) is 40.5 Å². The molecule has 3 saturated carbocycles. The zero-order valence-corrected chi connectivity index (χ0v) is 9.36. The van der Waals surface area contributed by atoms with Crippen molar-refractivity contribution in [3.05, 3.63) is 0 Å². The Balaban J connectivity index is 1.90. The summed E-state index contributed by atoms with van der Waals surface area (Å²) >= 11 is 0. The normalized spacial score (nSPS) is 54.8. The van der Waals surface area contributed by atoms with Crippen LogP contribution in [0.1, 0.15) is 51.4 Å². The summed E-state index contributed by atoms with van der Waals surface area (Å²) in [6.07, 6.45) is 8.87. The minimum Gasteiger partial charge on any atom is -0.392 e. The molecule has 3 aliphatic rings. The zero-order valence-electron chi connectivity index (χ0n) is 9.36. The zero-order chi connectivity index (χ0) is 10.5. The summed E-state index contributed by atoms with van der Waals surface area (Å²) in [5.74, 6) is 1.17. The Labute approximate surface area is 91.7 Å². The summed E-state index contributed by atoms with van der Waals surface area (Å²) in [6.45, 7) is 0. The second kappa shape index (κ2) is 3.46. The molecule has 0 aromatic heterocycles. The lowest BCUT2D eigenvalue weighted by Gasteiger charge is -2.55. The Morgan fingerprint density at radius 2 is 1.87 bits per heavy atom. The SMILES string of the molecule is O[C@@H]1[C@H]2CCC[C@H]1[C@@]1(O)CCCC[C@H]1C2. The molecular weight excluding hydrogens is 188 g/mol. The summed E-state index contributed by atoms with van der Waals surface area (Å²) in [5, 5.41) is 21.0. The maximum absolute atomic E-state index is 10.8. The van der Waals surface area contributed by atoms with E-state index in [2.05, 4.69) is 0 Å². The van der Waals surface area contributed by atoms with Gasteiger partial charge in [0.15, 0.2) is 0 Å². The van der Waals surface area contributed by atoms with Crippen LogP contribution in [0.5, 0.6) is 0 Å². The second-order valence-electron chi connectivity index (χ2n) is 5.96. The van der Waals surface area contributed by atoms with Crippen molar-refractivity contribution in [1.82, 2.24) is 0 Å². The largest absolute Gasteiger partial charge is 0.392 e. The highest BCUT2D eigenvalue weighted by Gasteiger charge is 2.54. The van der Waals surface area contributed by atoms with Gasteiger partial charge in [-0.3, -0.25) is 0 Å². The van der Waals surface area contributed by atoms with Crippen molar-refractivity contribution in [1.29, 1.82) is 0 Å². The molecule has 2 nitrogen and oxygen atoms in total. The van der Waals surface area contributed by atoms with Crippen molar-refractivity contribution in [3.8, 4) is 0 Å². The molecule has 2 N–H and O–H groups in total. The molecule has 0 aromatic carbocycles. The van der Waals surface area contributed by atoms with Crippen molar-refractivity contribution in [3.63, 3.8) is 0 Å². The van der Waals surface area contributed by atoms with Crippen molar-refractivity contribution in [2.24, 2.45) is 17.8 Å². The van der Waals surface area contributed by atoms with Crippen LogP contribution >= 0.6 is 0 Å². The third-order valence-corrected chi connectivity index (χ3v) is 5.30. The van der Waals surface area contributed by atoms with Crippen LogP contribution < -0.4 is 0 Å². The molecule has 3 rings (SSSR count). The Morgan fingerprint density at radius 1 is 1.00 bits per heavy atom. The molecule has 5 atom stereocenters. The van der Waals surface area contributed by atoms with Gasteiger partial charge < -0.3 is 10.2 Å². The van der Waals surface area contributed by atoms with E-state index in [0.717, 1.165) is 25.7 Å². The molecule has 0 spiro atoms. The average Bonchev–Trinajstić information content (AvgIpc) is 2.21. The minimum absolute atomic E-state index is 0.190. The van der Waals surface area contributed by atoms with E-state index >= 15 is 0 Å². The van der Waals surface area contributed by atoms with E-state index in [-0.39, 0.29) is 12.0 Å². The molecule has 0 heterocycles. The lowest BCUT2D eigenvalue weighted by molar-refractivity contribution is -0.191. The van der Waals surface area contributed by atoms with E-state index in [0.29, 0.717) is 11.8 Å². The molecule has 0 radical (unpaired) electrons. The van der Waals surface area contributed by atoms with Crippen LogP contribution in [0.2, 0.25) is 0 Å². The number of aliphatic hydroxyl groups excluding tert-OH is 1. The highest BCUT2D eigenvalue weighted by molar-refractivity contribution is 5.05. The Hall–Kier alpha value is -0.0800. The fraction of sp³-hybridized carbons (Fsp3) is 1.00. The van der Waals surface area contributed by atoms with Gasteiger partial charge in [-0.2, -0.15) is 0 Å². The van der Waals surface area contributed by atoms with Crippen LogP contribution in [-0.4, -0.2) is 21.9 Å². The first kappa shape index (κ1) is 10.1. The summed E-state index contributed by atoms with van der Waals surface area (Å²) in [5.41, 5.74) is -0.505. The van der Waals surface area contributed by atoms with E-state index in [1.807, 2.05) is 0 Å². The number of aliphatic hydroxyl groups is 2. The van der Waals surface area contributed by atoms with Crippen LogP contribution in [0, 0.1) is 17.8 Å². The highest BCUT2D eigenvalue weighted by atomic mass is 16.3. The number of hydrogen-bond acceptors (Lipinski definition) is 2. The van der Waals surface area contributed by atoms with Gasteiger partial charge in [-0.15, -0.1) is 0 Å². The molecule has 0 amide bonds. The monoisotopic (exact) mass is 210 g/mol. The van der Waals surface area contributed by atoms with Gasteiger partial charge in [0, 0.05) is 5.92 Å². The molecule has 2 heteroatoms. The maximum atomic E-state index is 10.8. The number of rotatable bonds is 0. The van der Waals surface area contributed by atoms with Gasteiger partial charge in [0.25, 0.3) is 0 Å². The van der Waals surface area contributed by atoms with Crippen LogP contribution in [-0.2, 0) is 0 Å². The van der Waals surface area contributed by atoms with Gasteiger partial charge in [-0.25, -0.2) is 0 Å². The third-order valence-electron chi connectivity index (χ3n) is 5.30. The van der Waals surface area contributed by atoms with Gasteiger partial charge in [-0.1, -0.05) is 19.3 Å². The van der Waals surface area contributed by atoms with Gasteiger partial charge in [0.1, 0.15) is 0 Å². The van der Waals surface area contributed by atoms with Crippen molar-refractivity contribution in [2.75, 3.05) is 0 Å². The average molecular weight is 210 g/mol. The maximum Gasteiger partial charge on any atom is 0.0728 e. The summed E-state index contributed by atoms with van der Waals surface area (Å²) in [7, 11) is 0. The molecule has 0 saturated heterocycles. The first-order valence-electron chi connectivity index (χ1n) is 6.62. The Bertz CT molecular complexity index is 253. The fourth-order valence-corrected chi connectivity index (χ4v) is 4.50. The van der Waals surface area contributed by atoms with E-state index in [9.17, 15) is 10.2 Å². The lowest BCUT2D eigenvalue weighted by atomic mass is 9.54. The molecular formula is C13H22O2. The smallest absolute Gasteiger partial charge is 0.0728 e. The number of fused-ring (bicyclic) bond motifs is 4. The second-order valence-corrected chi connectivity index (χ2v) is 5.96. The molecule has 86 valence electrons. The summed E-state index contributed by atoms with van der Waals surface area (Å²) in [4.78, 5) is 0. The number of hydrogen-bond donors (Lipinski definition) is 2. The summed E-state index contributed by atoms with van der Waals surface area (Å²) < 4.78 is 0. The van der Waals surface area contributed by atoms with Crippen LogP contribution in [0.4, 0.5) is 0 Å². The Morgan fingerprint density at radius 3 is 2.73 bits per heavy atom. The first-order chi connectivity index (χ1) is 7.22. The van der Waals surface area contributed by atoms with E-state index in [4.69, 9.17) is 0 Å². The highest BCUT2D eigenvalue weighted by Crippen LogP contribution is 2.53.